The molecule has 2 aliphatic heterocycles. The van der Waals surface area contributed by atoms with E-state index in [-0.39, 0.29) is 11.8 Å². The molecule has 25 heavy (non-hydrogen) atoms. The number of rotatable bonds is 3. The van der Waals surface area contributed by atoms with Crippen molar-refractivity contribution in [3.8, 4) is 0 Å². The molecule has 3 heterocycles. The summed E-state index contributed by atoms with van der Waals surface area (Å²) in [4.78, 5) is 32.7. The van der Waals surface area contributed by atoms with E-state index in [1.165, 1.54) is 0 Å². The fourth-order valence-corrected chi connectivity index (χ4v) is 3.81. The van der Waals surface area contributed by atoms with Crippen molar-refractivity contribution in [1.82, 2.24) is 14.5 Å². The van der Waals surface area contributed by atoms with Gasteiger partial charge in [-0.05, 0) is 37.1 Å². The molecular weight excluding hydrogens is 316 g/mol. The van der Waals surface area contributed by atoms with Gasteiger partial charge < -0.3 is 14.4 Å². The Hall–Kier alpha value is -2.63. The third kappa shape index (κ3) is 2.92. The molecule has 0 saturated carbocycles. The number of hydrogen-bond acceptors (Lipinski definition) is 3. The molecule has 130 valence electrons. The van der Waals surface area contributed by atoms with Crippen LogP contribution in [0.15, 0.2) is 36.7 Å². The largest absolute Gasteiger partial charge is 0.338 e. The minimum absolute atomic E-state index is 0.0519. The molecule has 2 amide bonds. The second kappa shape index (κ2) is 6.35. The highest BCUT2D eigenvalue weighted by Gasteiger charge is 2.30. The van der Waals surface area contributed by atoms with Gasteiger partial charge in [-0.25, -0.2) is 4.98 Å². The van der Waals surface area contributed by atoms with Crippen molar-refractivity contribution in [3.05, 3.63) is 48.0 Å². The van der Waals surface area contributed by atoms with Crippen LogP contribution in [0, 0.1) is 0 Å². The highest BCUT2D eigenvalue weighted by molar-refractivity contribution is 5.97. The molecular formula is C19H22N4O2. The average molecular weight is 338 g/mol. The minimum atomic E-state index is 0.0519. The lowest BCUT2D eigenvalue weighted by molar-refractivity contribution is -0.117. The van der Waals surface area contributed by atoms with E-state index in [4.69, 9.17) is 0 Å². The van der Waals surface area contributed by atoms with Gasteiger partial charge in [0.15, 0.2) is 0 Å². The third-order valence-corrected chi connectivity index (χ3v) is 5.20. The van der Waals surface area contributed by atoms with Gasteiger partial charge in [-0.15, -0.1) is 0 Å². The smallest absolute Gasteiger partial charge is 0.253 e. The third-order valence-electron chi connectivity index (χ3n) is 5.20. The normalized spacial score (nSPS) is 20.5. The lowest BCUT2D eigenvalue weighted by atomic mass is 10.1. The van der Waals surface area contributed by atoms with E-state index < -0.39 is 0 Å². The van der Waals surface area contributed by atoms with Gasteiger partial charge in [-0.1, -0.05) is 0 Å². The molecule has 1 unspecified atom stereocenters. The number of likely N-dealkylation sites (tertiary alicyclic amines) is 1. The number of aromatic nitrogens is 2. The number of carbonyl (C=O) groups excluding carboxylic acids is 2. The summed E-state index contributed by atoms with van der Waals surface area (Å²) in [7, 11) is 1.99. The number of carbonyl (C=O) groups is 2. The van der Waals surface area contributed by atoms with Crippen LogP contribution in [-0.2, 0) is 11.8 Å². The molecule has 0 spiro atoms. The zero-order valence-electron chi connectivity index (χ0n) is 14.4. The summed E-state index contributed by atoms with van der Waals surface area (Å²) in [6.45, 7) is 2.22. The number of imidazole rings is 1. The van der Waals surface area contributed by atoms with Crippen LogP contribution in [0.4, 0.5) is 5.69 Å². The van der Waals surface area contributed by atoms with Crippen LogP contribution < -0.4 is 4.90 Å². The van der Waals surface area contributed by atoms with Crippen LogP contribution in [0.3, 0.4) is 0 Å². The zero-order chi connectivity index (χ0) is 17.4. The molecule has 0 aliphatic carbocycles. The molecule has 0 N–H and O–H groups in total. The standard InChI is InChI=1S/C19H22N4O2/c1-21-12-9-20-18(21)15-8-11-22(13-15)19(25)14-4-6-16(7-5-14)23-10-2-3-17(23)24/h4-7,9,12,15H,2-3,8,10-11,13H2,1H3. The summed E-state index contributed by atoms with van der Waals surface area (Å²) in [6, 6.07) is 7.42. The van der Waals surface area contributed by atoms with Crippen LogP contribution in [0.25, 0.3) is 0 Å². The number of benzene rings is 1. The number of aryl methyl sites for hydroxylation is 1. The van der Waals surface area contributed by atoms with Gasteiger partial charge in [-0.2, -0.15) is 0 Å². The van der Waals surface area contributed by atoms with Crippen LogP contribution >= 0.6 is 0 Å². The summed E-state index contributed by atoms with van der Waals surface area (Å²) in [5.41, 5.74) is 1.56. The first-order chi connectivity index (χ1) is 12.1. The number of amides is 2. The summed E-state index contributed by atoms with van der Waals surface area (Å²) in [5, 5.41) is 0. The van der Waals surface area contributed by atoms with Crippen molar-refractivity contribution in [2.75, 3.05) is 24.5 Å². The average Bonchev–Trinajstić information content (AvgIpc) is 3.35. The van der Waals surface area contributed by atoms with Gasteiger partial charge in [0, 0.05) is 62.7 Å². The fraction of sp³-hybridized carbons (Fsp3) is 0.421. The Morgan fingerprint density at radius 3 is 2.64 bits per heavy atom. The second-order valence-corrected chi connectivity index (χ2v) is 6.83. The lowest BCUT2D eigenvalue weighted by Crippen LogP contribution is -2.29. The van der Waals surface area contributed by atoms with E-state index in [0.29, 0.717) is 24.4 Å². The van der Waals surface area contributed by atoms with Gasteiger partial charge in [-0.3, -0.25) is 9.59 Å². The van der Waals surface area contributed by atoms with Crippen molar-refractivity contribution in [2.45, 2.75) is 25.2 Å². The van der Waals surface area contributed by atoms with Crippen LogP contribution in [0.5, 0.6) is 0 Å². The highest BCUT2D eigenvalue weighted by Crippen LogP contribution is 2.27. The maximum atomic E-state index is 12.8. The first kappa shape index (κ1) is 15.9. The predicted octanol–water partition coefficient (Wildman–Crippen LogP) is 2.18. The van der Waals surface area contributed by atoms with Gasteiger partial charge in [0.1, 0.15) is 5.82 Å². The first-order valence-corrected chi connectivity index (χ1v) is 8.80. The SMILES string of the molecule is Cn1ccnc1C1CCN(C(=O)c2ccc(N3CCCC3=O)cc2)C1. The van der Waals surface area contributed by atoms with Crippen LogP contribution in [-0.4, -0.2) is 45.9 Å². The van der Waals surface area contributed by atoms with E-state index >= 15 is 0 Å². The van der Waals surface area contributed by atoms with Gasteiger partial charge in [0.05, 0.1) is 0 Å². The van der Waals surface area contributed by atoms with E-state index in [2.05, 4.69) is 4.98 Å². The van der Waals surface area contributed by atoms with Crippen molar-refractivity contribution in [2.24, 2.45) is 7.05 Å². The molecule has 2 saturated heterocycles. The quantitative estimate of drug-likeness (QED) is 0.862. The number of hydrogen-bond donors (Lipinski definition) is 0. The molecule has 4 rings (SSSR count). The minimum Gasteiger partial charge on any atom is -0.338 e. The second-order valence-electron chi connectivity index (χ2n) is 6.83. The Bertz CT molecular complexity index is 796. The fourth-order valence-electron chi connectivity index (χ4n) is 3.81. The van der Waals surface area contributed by atoms with Crippen molar-refractivity contribution < 1.29 is 9.59 Å². The maximum Gasteiger partial charge on any atom is 0.253 e. The topological polar surface area (TPSA) is 58.4 Å². The highest BCUT2D eigenvalue weighted by atomic mass is 16.2. The van der Waals surface area contributed by atoms with E-state index in [0.717, 1.165) is 37.4 Å². The van der Waals surface area contributed by atoms with Gasteiger partial charge in [0.2, 0.25) is 5.91 Å². The van der Waals surface area contributed by atoms with Crippen LogP contribution in [0.1, 0.15) is 41.4 Å². The van der Waals surface area contributed by atoms with E-state index in [9.17, 15) is 9.59 Å². The summed E-state index contributed by atoms with van der Waals surface area (Å²) in [6.07, 6.45) is 6.21. The molecule has 2 fully saturated rings. The molecule has 0 bridgehead atoms. The maximum absolute atomic E-state index is 12.8. The Balaban J connectivity index is 1.44. The molecule has 0 radical (unpaired) electrons. The Kier molecular flexibility index (Phi) is 4.03. The monoisotopic (exact) mass is 338 g/mol. The van der Waals surface area contributed by atoms with E-state index in [1.807, 2.05) is 47.0 Å². The van der Waals surface area contributed by atoms with Crippen molar-refractivity contribution in [1.29, 1.82) is 0 Å². The molecule has 6 nitrogen and oxygen atoms in total. The lowest BCUT2D eigenvalue weighted by Gasteiger charge is -2.18. The summed E-state index contributed by atoms with van der Waals surface area (Å²) < 4.78 is 2.03. The first-order valence-electron chi connectivity index (χ1n) is 8.80. The Morgan fingerprint density at radius 1 is 1.20 bits per heavy atom. The molecule has 1 aromatic carbocycles. The van der Waals surface area contributed by atoms with Gasteiger partial charge >= 0.3 is 0 Å². The number of nitrogens with zero attached hydrogens (tertiary/aromatic N) is 4. The Labute approximate surface area is 147 Å². The van der Waals surface area contributed by atoms with Crippen molar-refractivity contribution in [3.63, 3.8) is 0 Å². The zero-order valence-corrected chi connectivity index (χ0v) is 14.4. The molecule has 2 aromatic rings. The molecule has 2 aliphatic rings. The number of anilines is 1. The Morgan fingerprint density at radius 2 is 2.00 bits per heavy atom. The molecule has 1 aromatic heterocycles. The van der Waals surface area contributed by atoms with Gasteiger partial charge in [0.25, 0.3) is 5.91 Å². The summed E-state index contributed by atoms with van der Waals surface area (Å²) in [5.74, 6) is 1.55. The predicted molar refractivity (Wildman–Crippen MR) is 94.5 cm³/mol. The van der Waals surface area contributed by atoms with Crippen molar-refractivity contribution >= 4 is 17.5 Å². The summed E-state index contributed by atoms with van der Waals surface area (Å²) >= 11 is 0. The van der Waals surface area contributed by atoms with E-state index in [1.54, 1.807) is 11.1 Å². The molecule has 1 atom stereocenters. The van der Waals surface area contributed by atoms with Crippen LogP contribution in [0.2, 0.25) is 0 Å². The molecule has 6 heteroatoms.